The monoisotopic (exact) mass is 410 g/mol. The maximum absolute atomic E-state index is 13.0. The lowest BCUT2D eigenvalue weighted by Gasteiger charge is -2.31. The molecule has 5 rings (SSSR count). The zero-order valence-corrected chi connectivity index (χ0v) is 17.2. The van der Waals surface area contributed by atoms with Gasteiger partial charge in [-0.1, -0.05) is 6.92 Å². The van der Waals surface area contributed by atoms with Crippen LogP contribution in [-0.2, 0) is 0 Å². The first-order chi connectivity index (χ1) is 14.1. The molecular weight excluding hydrogens is 388 g/mol. The molecule has 3 aromatic rings. The summed E-state index contributed by atoms with van der Waals surface area (Å²) in [5.41, 5.74) is 1.60. The molecule has 0 unspecified atom stereocenters. The van der Waals surface area contributed by atoms with E-state index in [4.69, 9.17) is 9.47 Å². The molecule has 4 heterocycles. The van der Waals surface area contributed by atoms with Crippen molar-refractivity contribution in [2.24, 2.45) is 5.92 Å². The number of nitrogens with zero attached hydrogens (tertiary/aromatic N) is 3. The predicted octanol–water partition coefficient (Wildman–Crippen LogP) is 4.22. The summed E-state index contributed by atoms with van der Waals surface area (Å²) < 4.78 is 10.7. The average Bonchev–Trinajstić information content (AvgIpc) is 3.32. The van der Waals surface area contributed by atoms with E-state index in [1.807, 2.05) is 13.0 Å². The second kappa shape index (κ2) is 7.18. The van der Waals surface area contributed by atoms with Gasteiger partial charge in [-0.05, 0) is 43.4 Å². The number of hydrogen-bond acceptors (Lipinski definition) is 7. The molecule has 2 aliphatic rings. The highest BCUT2D eigenvalue weighted by Gasteiger charge is 2.24. The molecule has 1 saturated heterocycles. The Balaban J connectivity index is 1.45. The number of fused-ring (bicyclic) bond motifs is 2. The zero-order valence-electron chi connectivity index (χ0n) is 16.4. The van der Waals surface area contributed by atoms with Gasteiger partial charge in [0, 0.05) is 24.8 Å². The number of carbonyl (C=O) groups is 1. The normalized spacial score (nSPS) is 16.4. The highest BCUT2D eigenvalue weighted by atomic mass is 32.1. The van der Waals surface area contributed by atoms with E-state index in [2.05, 4.69) is 27.1 Å². The summed E-state index contributed by atoms with van der Waals surface area (Å²) in [5.74, 6) is 2.87. The fourth-order valence-electron chi connectivity index (χ4n) is 3.89. The van der Waals surface area contributed by atoms with Crippen molar-refractivity contribution in [1.29, 1.82) is 0 Å². The fourth-order valence-corrected chi connectivity index (χ4v) is 4.93. The Labute approximate surface area is 172 Å². The van der Waals surface area contributed by atoms with Crippen LogP contribution < -0.4 is 19.7 Å². The smallest absolute Gasteiger partial charge is 0.266 e. The van der Waals surface area contributed by atoms with E-state index >= 15 is 0 Å². The second-order valence-corrected chi connectivity index (χ2v) is 8.62. The summed E-state index contributed by atoms with van der Waals surface area (Å²) in [6.07, 6.45) is 3.92. The van der Waals surface area contributed by atoms with Crippen LogP contribution in [0.1, 0.15) is 35.0 Å². The van der Waals surface area contributed by atoms with E-state index < -0.39 is 0 Å². The number of anilines is 2. The van der Waals surface area contributed by atoms with Crippen molar-refractivity contribution in [1.82, 2.24) is 9.97 Å². The number of aromatic nitrogens is 2. The molecule has 2 aliphatic heterocycles. The Morgan fingerprint density at radius 3 is 2.83 bits per heavy atom. The first-order valence-electron chi connectivity index (χ1n) is 9.80. The van der Waals surface area contributed by atoms with Gasteiger partial charge in [-0.25, -0.2) is 9.97 Å². The SMILES string of the molecule is Cc1c(C(=O)Nc2ccc3c(c2)OCO3)sc2ncnc(N3CCC(C)CC3)c12. The van der Waals surface area contributed by atoms with E-state index in [-0.39, 0.29) is 12.7 Å². The first kappa shape index (κ1) is 18.2. The van der Waals surface area contributed by atoms with Crippen molar-refractivity contribution in [2.75, 3.05) is 30.1 Å². The number of nitrogens with one attached hydrogen (secondary N) is 1. The summed E-state index contributed by atoms with van der Waals surface area (Å²) in [6, 6.07) is 5.40. The maximum Gasteiger partial charge on any atom is 0.266 e. The van der Waals surface area contributed by atoms with Gasteiger partial charge in [0.05, 0.1) is 10.3 Å². The molecule has 150 valence electrons. The van der Waals surface area contributed by atoms with E-state index in [1.165, 1.54) is 11.3 Å². The molecule has 0 saturated carbocycles. The summed E-state index contributed by atoms with van der Waals surface area (Å²) >= 11 is 1.41. The molecular formula is C21H22N4O3S. The summed E-state index contributed by atoms with van der Waals surface area (Å²) in [4.78, 5) is 25.8. The largest absolute Gasteiger partial charge is 0.454 e. The van der Waals surface area contributed by atoms with Crippen molar-refractivity contribution in [3.63, 3.8) is 0 Å². The summed E-state index contributed by atoms with van der Waals surface area (Å²) in [6.45, 7) is 6.45. The van der Waals surface area contributed by atoms with E-state index in [0.29, 0.717) is 22.1 Å². The Kier molecular flexibility index (Phi) is 4.50. The number of aryl methyl sites for hydroxylation is 1. The molecule has 0 radical (unpaired) electrons. The van der Waals surface area contributed by atoms with Crippen LogP contribution in [-0.4, -0.2) is 35.8 Å². The van der Waals surface area contributed by atoms with Crippen molar-refractivity contribution in [2.45, 2.75) is 26.7 Å². The van der Waals surface area contributed by atoms with Crippen LogP contribution in [0.4, 0.5) is 11.5 Å². The zero-order chi connectivity index (χ0) is 20.0. The van der Waals surface area contributed by atoms with E-state index in [9.17, 15) is 4.79 Å². The van der Waals surface area contributed by atoms with E-state index in [1.54, 1.807) is 18.5 Å². The van der Waals surface area contributed by atoms with Gasteiger partial charge >= 0.3 is 0 Å². The molecule has 8 heteroatoms. The lowest BCUT2D eigenvalue weighted by atomic mass is 9.99. The number of benzene rings is 1. The molecule has 1 N–H and O–H groups in total. The average molecular weight is 410 g/mol. The van der Waals surface area contributed by atoms with Crippen LogP contribution in [0.2, 0.25) is 0 Å². The van der Waals surface area contributed by atoms with Gasteiger partial charge in [-0.3, -0.25) is 4.79 Å². The van der Waals surface area contributed by atoms with Gasteiger partial charge in [0.2, 0.25) is 6.79 Å². The topological polar surface area (TPSA) is 76.6 Å². The van der Waals surface area contributed by atoms with Crippen LogP contribution in [0.25, 0.3) is 10.2 Å². The maximum atomic E-state index is 13.0. The Hall–Kier alpha value is -2.87. The van der Waals surface area contributed by atoms with Gasteiger partial charge in [0.15, 0.2) is 11.5 Å². The number of thiophene rings is 1. The molecule has 1 fully saturated rings. The summed E-state index contributed by atoms with van der Waals surface area (Å²) in [5, 5.41) is 3.96. The highest BCUT2D eigenvalue weighted by molar-refractivity contribution is 7.20. The number of carbonyl (C=O) groups excluding carboxylic acids is 1. The van der Waals surface area contributed by atoms with Crippen molar-refractivity contribution in [3.05, 3.63) is 35.0 Å². The Bertz CT molecular complexity index is 1090. The van der Waals surface area contributed by atoms with Crippen LogP contribution in [0, 0.1) is 12.8 Å². The molecule has 1 amide bonds. The molecule has 0 aliphatic carbocycles. The van der Waals surface area contributed by atoms with Crippen LogP contribution in [0.5, 0.6) is 11.5 Å². The molecule has 0 bridgehead atoms. The number of ether oxygens (including phenoxy) is 2. The first-order valence-corrected chi connectivity index (χ1v) is 10.6. The van der Waals surface area contributed by atoms with E-state index in [0.717, 1.165) is 53.4 Å². The highest BCUT2D eigenvalue weighted by Crippen LogP contribution is 2.37. The predicted molar refractivity (Wildman–Crippen MR) is 113 cm³/mol. The molecule has 7 nitrogen and oxygen atoms in total. The van der Waals surface area contributed by atoms with Gasteiger partial charge < -0.3 is 19.7 Å². The molecule has 1 aromatic carbocycles. The Morgan fingerprint density at radius 2 is 2.00 bits per heavy atom. The third-order valence-electron chi connectivity index (χ3n) is 5.63. The third-order valence-corrected chi connectivity index (χ3v) is 6.83. The molecule has 0 spiro atoms. The van der Waals surface area contributed by atoms with Crippen molar-refractivity contribution < 1.29 is 14.3 Å². The fraction of sp³-hybridized carbons (Fsp3) is 0.381. The lowest BCUT2D eigenvalue weighted by Crippen LogP contribution is -2.33. The minimum atomic E-state index is -0.150. The summed E-state index contributed by atoms with van der Waals surface area (Å²) in [7, 11) is 0. The Morgan fingerprint density at radius 1 is 1.21 bits per heavy atom. The van der Waals surface area contributed by atoms with Gasteiger partial charge in [0.25, 0.3) is 5.91 Å². The van der Waals surface area contributed by atoms with Crippen LogP contribution in [0.15, 0.2) is 24.5 Å². The van der Waals surface area contributed by atoms with Crippen LogP contribution >= 0.6 is 11.3 Å². The van der Waals surface area contributed by atoms with Crippen molar-refractivity contribution in [3.8, 4) is 11.5 Å². The van der Waals surface area contributed by atoms with Gasteiger partial charge in [0.1, 0.15) is 17.0 Å². The minimum absolute atomic E-state index is 0.150. The number of piperidine rings is 1. The van der Waals surface area contributed by atoms with Gasteiger partial charge in [-0.15, -0.1) is 11.3 Å². The minimum Gasteiger partial charge on any atom is -0.454 e. The molecule has 29 heavy (non-hydrogen) atoms. The number of amides is 1. The van der Waals surface area contributed by atoms with Crippen molar-refractivity contribution >= 4 is 39.0 Å². The number of hydrogen-bond donors (Lipinski definition) is 1. The standard InChI is InChI=1S/C21H22N4O3S/c1-12-5-7-25(8-6-12)19-17-13(2)18(29-21(17)23-10-22-19)20(26)24-14-3-4-15-16(9-14)28-11-27-15/h3-4,9-10,12H,5-8,11H2,1-2H3,(H,24,26). The molecule has 2 aromatic heterocycles. The third kappa shape index (κ3) is 3.27. The van der Waals surface area contributed by atoms with Gasteiger partial charge in [-0.2, -0.15) is 0 Å². The lowest BCUT2D eigenvalue weighted by molar-refractivity contribution is 0.103. The van der Waals surface area contributed by atoms with Crippen LogP contribution in [0.3, 0.4) is 0 Å². The quantitative estimate of drug-likeness (QED) is 0.697. The molecule has 0 atom stereocenters. The number of rotatable bonds is 3. The second-order valence-electron chi connectivity index (χ2n) is 7.63.